The molecule has 20 heavy (non-hydrogen) atoms. The molecule has 6 N–H and O–H groups in total. The lowest BCUT2D eigenvalue weighted by atomic mass is 10.2. The first kappa shape index (κ1) is 13.9. The normalized spacial score (nSPS) is 11.2. The molecule has 104 valence electrons. The average Bonchev–Trinajstić information content (AvgIpc) is 2.38. The molecule has 0 aliphatic carbocycles. The van der Waals surface area contributed by atoms with E-state index in [4.69, 9.17) is 17.2 Å². The number of carbonyl (C=O) groups is 1. The smallest absolute Gasteiger partial charge is 0.250 e. The second kappa shape index (κ2) is 4.86. The van der Waals surface area contributed by atoms with Gasteiger partial charge in [0.15, 0.2) is 0 Å². The van der Waals surface area contributed by atoms with Crippen molar-refractivity contribution in [2.45, 2.75) is 9.79 Å². The molecule has 0 heterocycles. The van der Waals surface area contributed by atoms with Gasteiger partial charge in [0.2, 0.25) is 15.7 Å². The molecule has 0 aliphatic rings. The number of carbonyl (C=O) groups excluding carboxylic acids is 1. The molecule has 0 aliphatic heterocycles. The minimum atomic E-state index is -3.89. The van der Waals surface area contributed by atoms with Crippen LogP contribution in [0, 0.1) is 0 Å². The number of rotatable bonds is 3. The molecular formula is C13H13N3O3S. The van der Waals surface area contributed by atoms with Gasteiger partial charge in [0, 0.05) is 11.4 Å². The standard InChI is InChI=1S/C13H13N3O3S/c14-8-1-4-10(5-2-8)20(18,19)12-7-9(15)3-6-11(12)13(16)17/h1-7H,14-15H2,(H2,16,17). The Morgan fingerprint density at radius 2 is 1.45 bits per heavy atom. The maximum absolute atomic E-state index is 12.5. The summed E-state index contributed by atoms with van der Waals surface area (Å²) in [5.41, 5.74) is 16.9. The fourth-order valence-corrected chi connectivity index (χ4v) is 3.24. The molecular weight excluding hydrogens is 278 g/mol. The summed E-state index contributed by atoms with van der Waals surface area (Å²) in [7, 11) is -3.89. The molecule has 7 heteroatoms. The van der Waals surface area contributed by atoms with Crippen LogP contribution in [0.2, 0.25) is 0 Å². The summed E-state index contributed by atoms with van der Waals surface area (Å²) in [6.45, 7) is 0. The van der Waals surface area contributed by atoms with Gasteiger partial charge in [-0.1, -0.05) is 0 Å². The van der Waals surface area contributed by atoms with Crippen LogP contribution in [0.1, 0.15) is 10.4 Å². The molecule has 2 aromatic rings. The van der Waals surface area contributed by atoms with Crippen LogP contribution >= 0.6 is 0 Å². The minimum absolute atomic E-state index is 0.0137. The number of nitrogens with two attached hydrogens (primary N) is 3. The maximum Gasteiger partial charge on any atom is 0.250 e. The van der Waals surface area contributed by atoms with Gasteiger partial charge in [0.1, 0.15) is 0 Å². The van der Waals surface area contributed by atoms with Crippen LogP contribution in [0.5, 0.6) is 0 Å². The number of amides is 1. The highest BCUT2D eigenvalue weighted by Gasteiger charge is 2.23. The van der Waals surface area contributed by atoms with Crippen molar-refractivity contribution < 1.29 is 13.2 Å². The van der Waals surface area contributed by atoms with Crippen molar-refractivity contribution in [2.75, 3.05) is 11.5 Å². The first-order valence-electron chi connectivity index (χ1n) is 5.62. The highest BCUT2D eigenvalue weighted by molar-refractivity contribution is 7.91. The predicted octanol–water partition coefficient (Wildman–Crippen LogP) is 0.783. The molecule has 0 spiro atoms. The third-order valence-electron chi connectivity index (χ3n) is 2.75. The number of primary amides is 1. The zero-order valence-corrected chi connectivity index (χ0v) is 11.2. The Labute approximate surface area is 116 Å². The molecule has 2 rings (SSSR count). The summed E-state index contributed by atoms with van der Waals surface area (Å²) in [5, 5.41) is 0. The molecule has 0 fully saturated rings. The lowest BCUT2D eigenvalue weighted by Gasteiger charge is -2.09. The topological polar surface area (TPSA) is 129 Å². The number of hydrogen-bond acceptors (Lipinski definition) is 5. The molecule has 0 bridgehead atoms. The average molecular weight is 291 g/mol. The van der Waals surface area contributed by atoms with Crippen LogP contribution in [0.25, 0.3) is 0 Å². The quantitative estimate of drug-likeness (QED) is 0.720. The van der Waals surface area contributed by atoms with Crippen LogP contribution in [0.3, 0.4) is 0 Å². The van der Waals surface area contributed by atoms with Gasteiger partial charge >= 0.3 is 0 Å². The van der Waals surface area contributed by atoms with Gasteiger partial charge in [-0.25, -0.2) is 8.42 Å². The molecule has 0 radical (unpaired) electrons. The molecule has 0 unspecified atom stereocenters. The summed E-state index contributed by atoms with van der Waals surface area (Å²) in [6, 6.07) is 9.57. The van der Waals surface area contributed by atoms with Crippen LogP contribution in [0.4, 0.5) is 11.4 Å². The van der Waals surface area contributed by atoms with E-state index in [-0.39, 0.29) is 21.0 Å². The molecule has 2 aromatic carbocycles. The van der Waals surface area contributed by atoms with E-state index in [1.807, 2.05) is 0 Å². The predicted molar refractivity (Wildman–Crippen MR) is 75.7 cm³/mol. The van der Waals surface area contributed by atoms with Gasteiger partial charge in [0.05, 0.1) is 15.4 Å². The van der Waals surface area contributed by atoms with Crippen molar-refractivity contribution in [1.29, 1.82) is 0 Å². The molecule has 6 nitrogen and oxygen atoms in total. The Morgan fingerprint density at radius 1 is 0.900 bits per heavy atom. The summed E-state index contributed by atoms with van der Waals surface area (Å²) in [4.78, 5) is 11.2. The summed E-state index contributed by atoms with van der Waals surface area (Å²) in [6.07, 6.45) is 0. The van der Waals surface area contributed by atoms with E-state index < -0.39 is 15.7 Å². The third kappa shape index (κ3) is 2.43. The van der Waals surface area contributed by atoms with Gasteiger partial charge in [0.25, 0.3) is 0 Å². The van der Waals surface area contributed by atoms with Gasteiger partial charge in [-0.15, -0.1) is 0 Å². The zero-order chi connectivity index (χ0) is 14.9. The Hall–Kier alpha value is -2.54. The lowest BCUT2D eigenvalue weighted by Crippen LogP contribution is -2.16. The number of nitrogen functional groups attached to an aromatic ring is 2. The Kier molecular flexibility index (Phi) is 3.37. The van der Waals surface area contributed by atoms with Gasteiger partial charge < -0.3 is 17.2 Å². The largest absolute Gasteiger partial charge is 0.399 e. The van der Waals surface area contributed by atoms with Crippen LogP contribution in [-0.4, -0.2) is 14.3 Å². The second-order valence-electron chi connectivity index (χ2n) is 4.19. The van der Waals surface area contributed by atoms with E-state index in [2.05, 4.69) is 0 Å². The van der Waals surface area contributed by atoms with Crippen molar-refractivity contribution in [2.24, 2.45) is 5.73 Å². The van der Waals surface area contributed by atoms with Crippen LogP contribution < -0.4 is 17.2 Å². The molecule has 0 saturated heterocycles. The zero-order valence-electron chi connectivity index (χ0n) is 10.4. The Morgan fingerprint density at radius 3 is 2.00 bits per heavy atom. The van der Waals surface area contributed by atoms with Crippen molar-refractivity contribution >= 4 is 27.1 Å². The fourth-order valence-electron chi connectivity index (χ4n) is 1.74. The second-order valence-corrected chi connectivity index (χ2v) is 6.11. The maximum atomic E-state index is 12.5. The Bertz CT molecular complexity index is 768. The number of benzene rings is 2. The Balaban J connectivity index is 2.68. The van der Waals surface area contributed by atoms with Crippen molar-refractivity contribution in [3.63, 3.8) is 0 Å². The number of hydrogen-bond donors (Lipinski definition) is 3. The van der Waals surface area contributed by atoms with E-state index in [0.717, 1.165) is 0 Å². The summed E-state index contributed by atoms with van der Waals surface area (Å²) >= 11 is 0. The molecule has 0 saturated carbocycles. The number of anilines is 2. The van der Waals surface area contributed by atoms with Crippen molar-refractivity contribution in [3.05, 3.63) is 48.0 Å². The first-order valence-corrected chi connectivity index (χ1v) is 7.10. The van der Waals surface area contributed by atoms with Gasteiger partial charge in [-0.2, -0.15) is 0 Å². The SMILES string of the molecule is NC(=O)c1ccc(N)cc1S(=O)(=O)c1ccc(N)cc1. The minimum Gasteiger partial charge on any atom is -0.399 e. The molecule has 0 atom stereocenters. The lowest BCUT2D eigenvalue weighted by molar-refractivity contribution is 0.0997. The fraction of sp³-hybridized carbons (Fsp3) is 0. The van der Waals surface area contributed by atoms with Crippen LogP contribution in [-0.2, 0) is 9.84 Å². The number of sulfone groups is 1. The summed E-state index contributed by atoms with van der Waals surface area (Å²) < 4.78 is 25.0. The van der Waals surface area contributed by atoms with Crippen molar-refractivity contribution in [3.8, 4) is 0 Å². The third-order valence-corrected chi connectivity index (χ3v) is 4.56. The highest BCUT2D eigenvalue weighted by Crippen LogP contribution is 2.26. The highest BCUT2D eigenvalue weighted by atomic mass is 32.2. The van der Waals surface area contributed by atoms with Gasteiger partial charge in [-0.05, 0) is 42.5 Å². The van der Waals surface area contributed by atoms with E-state index in [9.17, 15) is 13.2 Å². The molecule has 1 amide bonds. The van der Waals surface area contributed by atoms with Crippen LogP contribution in [0.15, 0.2) is 52.3 Å². The van der Waals surface area contributed by atoms with E-state index >= 15 is 0 Å². The monoisotopic (exact) mass is 291 g/mol. The first-order chi connectivity index (χ1) is 9.32. The van der Waals surface area contributed by atoms with Crippen molar-refractivity contribution in [1.82, 2.24) is 0 Å². The van der Waals surface area contributed by atoms with Gasteiger partial charge in [-0.3, -0.25) is 4.79 Å². The van der Waals surface area contributed by atoms with E-state index in [1.165, 1.54) is 42.5 Å². The van der Waals surface area contributed by atoms with E-state index in [1.54, 1.807) is 0 Å². The van der Waals surface area contributed by atoms with E-state index in [0.29, 0.717) is 5.69 Å². The summed E-state index contributed by atoms with van der Waals surface area (Å²) in [5.74, 6) is -0.834. The molecule has 0 aromatic heterocycles.